The second kappa shape index (κ2) is 6.90. The molecule has 2 heterocycles. The molecule has 1 amide bonds. The van der Waals surface area contributed by atoms with Gasteiger partial charge in [0.15, 0.2) is 5.79 Å². The third-order valence-corrected chi connectivity index (χ3v) is 6.96. The fourth-order valence-corrected chi connectivity index (χ4v) is 5.07. The lowest BCUT2D eigenvalue weighted by Gasteiger charge is -2.44. The maximum absolute atomic E-state index is 13.3. The highest BCUT2D eigenvalue weighted by Crippen LogP contribution is 2.52. The molecule has 5 rings (SSSR count). The van der Waals surface area contributed by atoms with Crippen molar-refractivity contribution in [3.05, 3.63) is 40.6 Å². The van der Waals surface area contributed by atoms with Crippen LogP contribution in [0.5, 0.6) is 0 Å². The van der Waals surface area contributed by atoms with Gasteiger partial charge in [0.1, 0.15) is 11.3 Å². The summed E-state index contributed by atoms with van der Waals surface area (Å²) in [5.74, 6) is -1.33. The van der Waals surface area contributed by atoms with E-state index in [0.717, 1.165) is 34.6 Å². The monoisotopic (exact) mass is 413 g/mol. The van der Waals surface area contributed by atoms with E-state index in [9.17, 15) is 14.8 Å². The van der Waals surface area contributed by atoms with E-state index in [1.54, 1.807) is 0 Å². The van der Waals surface area contributed by atoms with Crippen molar-refractivity contribution in [2.45, 2.75) is 63.7 Å². The number of amides is 1. The van der Waals surface area contributed by atoms with E-state index >= 15 is 0 Å². The molecule has 0 radical (unpaired) electrons. The van der Waals surface area contributed by atoms with Crippen molar-refractivity contribution < 1.29 is 29.0 Å². The first kappa shape index (κ1) is 19.7. The molecule has 1 aromatic rings. The van der Waals surface area contributed by atoms with Crippen molar-refractivity contribution in [3.63, 3.8) is 0 Å². The SMILES string of the molecule is Cc1cccc(C)c1C1=C(OC(=O)C2CC2)C2(CCC3(CC2)OCCO3)N(O)C1=O. The van der Waals surface area contributed by atoms with Gasteiger partial charge in [0.2, 0.25) is 0 Å². The van der Waals surface area contributed by atoms with Gasteiger partial charge in [-0.2, -0.15) is 0 Å². The van der Waals surface area contributed by atoms with E-state index in [-0.39, 0.29) is 17.6 Å². The summed E-state index contributed by atoms with van der Waals surface area (Å²) < 4.78 is 17.6. The van der Waals surface area contributed by atoms with Crippen molar-refractivity contribution in [1.29, 1.82) is 0 Å². The summed E-state index contributed by atoms with van der Waals surface area (Å²) in [7, 11) is 0. The average molecular weight is 413 g/mol. The van der Waals surface area contributed by atoms with Crippen LogP contribution in [0.3, 0.4) is 0 Å². The minimum absolute atomic E-state index is 0.118. The second-order valence-corrected chi connectivity index (χ2v) is 8.92. The molecule has 3 fully saturated rings. The maximum Gasteiger partial charge on any atom is 0.314 e. The molecule has 1 saturated heterocycles. The van der Waals surface area contributed by atoms with Crippen LogP contribution in [-0.4, -0.2) is 46.7 Å². The Morgan fingerprint density at radius 2 is 1.70 bits per heavy atom. The van der Waals surface area contributed by atoms with Gasteiger partial charge in [-0.3, -0.25) is 14.8 Å². The van der Waals surface area contributed by atoms with Crippen molar-refractivity contribution in [1.82, 2.24) is 5.06 Å². The van der Waals surface area contributed by atoms with Gasteiger partial charge in [-0.1, -0.05) is 18.2 Å². The predicted octanol–water partition coefficient (Wildman–Crippen LogP) is 3.26. The predicted molar refractivity (Wildman–Crippen MR) is 106 cm³/mol. The van der Waals surface area contributed by atoms with Crippen LogP contribution in [-0.2, 0) is 23.8 Å². The van der Waals surface area contributed by atoms with E-state index in [0.29, 0.717) is 44.5 Å². The third-order valence-electron chi connectivity index (χ3n) is 6.96. The van der Waals surface area contributed by atoms with Gasteiger partial charge < -0.3 is 14.2 Å². The van der Waals surface area contributed by atoms with Crippen LogP contribution >= 0.6 is 0 Å². The lowest BCUT2D eigenvalue weighted by Crippen LogP contribution is -2.53. The first-order valence-corrected chi connectivity index (χ1v) is 10.7. The first-order chi connectivity index (χ1) is 14.4. The van der Waals surface area contributed by atoms with Crippen molar-refractivity contribution >= 4 is 17.4 Å². The summed E-state index contributed by atoms with van der Waals surface area (Å²) in [6, 6.07) is 5.77. The molecule has 1 aromatic carbocycles. The zero-order valence-electron chi connectivity index (χ0n) is 17.4. The normalized spacial score (nSPS) is 24.9. The lowest BCUT2D eigenvalue weighted by molar-refractivity contribution is -0.224. The van der Waals surface area contributed by atoms with E-state index in [1.165, 1.54) is 0 Å². The van der Waals surface area contributed by atoms with E-state index < -0.39 is 17.2 Å². The summed E-state index contributed by atoms with van der Waals surface area (Å²) in [6.07, 6.45) is 3.44. The Bertz CT molecular complexity index is 911. The number of carbonyl (C=O) groups excluding carboxylic acids is 2. The molecular weight excluding hydrogens is 386 g/mol. The topological polar surface area (TPSA) is 85.3 Å². The van der Waals surface area contributed by atoms with Crippen LogP contribution in [0.1, 0.15) is 55.2 Å². The second-order valence-electron chi connectivity index (χ2n) is 8.92. The van der Waals surface area contributed by atoms with Crippen LogP contribution in [0.2, 0.25) is 0 Å². The Balaban J connectivity index is 1.61. The molecule has 7 heteroatoms. The fraction of sp³-hybridized carbons (Fsp3) is 0.565. The number of esters is 1. The molecule has 4 aliphatic rings. The Morgan fingerprint density at radius 3 is 2.27 bits per heavy atom. The number of rotatable bonds is 3. The average Bonchev–Trinajstić information content (AvgIpc) is 3.46. The third kappa shape index (κ3) is 2.91. The first-order valence-electron chi connectivity index (χ1n) is 10.7. The molecule has 2 saturated carbocycles. The van der Waals surface area contributed by atoms with E-state index in [4.69, 9.17) is 14.2 Å². The molecular formula is C23H27NO6. The van der Waals surface area contributed by atoms with Gasteiger partial charge in [-0.05, 0) is 56.2 Å². The number of hydrogen-bond donors (Lipinski definition) is 1. The molecule has 7 nitrogen and oxygen atoms in total. The summed E-state index contributed by atoms with van der Waals surface area (Å²) in [6.45, 7) is 4.93. The standard InChI is InChI=1S/C23H27NO6/c1-14-4-3-5-15(2)17(14)18-19(30-21(26)16-6-7-16)22(24(27)20(18)25)8-10-23(11-9-22)28-12-13-29-23/h3-5,16,27H,6-13H2,1-2H3. The molecule has 0 atom stereocenters. The maximum atomic E-state index is 13.3. The van der Waals surface area contributed by atoms with Crippen LogP contribution < -0.4 is 0 Å². The van der Waals surface area contributed by atoms with Crippen LogP contribution in [0.25, 0.3) is 5.57 Å². The van der Waals surface area contributed by atoms with Gasteiger partial charge in [-0.25, -0.2) is 5.06 Å². The largest absolute Gasteiger partial charge is 0.427 e. The molecule has 0 aromatic heterocycles. The van der Waals surface area contributed by atoms with Crippen LogP contribution in [0.4, 0.5) is 0 Å². The molecule has 160 valence electrons. The summed E-state index contributed by atoms with van der Waals surface area (Å²) >= 11 is 0. The Morgan fingerprint density at radius 1 is 1.10 bits per heavy atom. The summed E-state index contributed by atoms with van der Waals surface area (Å²) in [5, 5.41) is 11.8. The molecule has 30 heavy (non-hydrogen) atoms. The minimum atomic E-state index is -1.08. The van der Waals surface area contributed by atoms with Gasteiger partial charge in [0, 0.05) is 12.8 Å². The zero-order chi connectivity index (χ0) is 21.1. The Labute approximate surface area is 175 Å². The Kier molecular flexibility index (Phi) is 4.54. The highest BCUT2D eigenvalue weighted by atomic mass is 16.7. The molecule has 0 bridgehead atoms. The number of hydroxylamine groups is 2. The van der Waals surface area contributed by atoms with Crippen LogP contribution in [0.15, 0.2) is 24.0 Å². The van der Waals surface area contributed by atoms with Gasteiger partial charge in [0.05, 0.1) is 24.7 Å². The number of aryl methyl sites for hydroxylation is 2. The highest BCUT2D eigenvalue weighted by molar-refractivity contribution is 6.23. The summed E-state index contributed by atoms with van der Waals surface area (Å²) in [5.41, 5.74) is 1.75. The van der Waals surface area contributed by atoms with Gasteiger partial charge in [0.25, 0.3) is 5.91 Å². The number of ether oxygens (including phenoxy) is 3. The molecule has 2 aliphatic carbocycles. The minimum Gasteiger partial charge on any atom is -0.427 e. The van der Waals surface area contributed by atoms with Gasteiger partial charge in [-0.15, -0.1) is 0 Å². The van der Waals surface area contributed by atoms with E-state index in [2.05, 4.69) is 0 Å². The summed E-state index contributed by atoms with van der Waals surface area (Å²) in [4.78, 5) is 26.0. The van der Waals surface area contributed by atoms with E-state index in [1.807, 2.05) is 32.0 Å². The van der Waals surface area contributed by atoms with Crippen molar-refractivity contribution in [2.75, 3.05) is 13.2 Å². The van der Waals surface area contributed by atoms with Crippen LogP contribution in [0, 0.1) is 19.8 Å². The molecule has 0 unspecified atom stereocenters. The zero-order valence-corrected chi connectivity index (χ0v) is 17.4. The van der Waals surface area contributed by atoms with Gasteiger partial charge >= 0.3 is 5.97 Å². The lowest BCUT2D eigenvalue weighted by atomic mass is 9.77. The number of carbonyl (C=O) groups is 2. The number of nitrogens with zero attached hydrogens (tertiary/aromatic N) is 1. The molecule has 2 aliphatic heterocycles. The quantitative estimate of drug-likeness (QED) is 0.605. The molecule has 2 spiro atoms. The van der Waals surface area contributed by atoms with Crippen molar-refractivity contribution in [3.8, 4) is 0 Å². The smallest absolute Gasteiger partial charge is 0.314 e. The fourth-order valence-electron chi connectivity index (χ4n) is 5.07. The Hall–Kier alpha value is -2.22. The number of hydrogen-bond acceptors (Lipinski definition) is 6. The highest BCUT2D eigenvalue weighted by Gasteiger charge is 2.59. The number of benzene rings is 1. The molecule has 1 N–H and O–H groups in total. The van der Waals surface area contributed by atoms with Crippen molar-refractivity contribution in [2.24, 2.45) is 5.92 Å².